The SMILES string of the molecule is O=C1C(=O)N(c2ccc(O)cc2)[C@@H](c2ccccc2)/C1=C(\O)c1ccccc1. The summed E-state index contributed by atoms with van der Waals surface area (Å²) < 4.78 is 0. The van der Waals surface area contributed by atoms with Crippen LogP contribution >= 0.6 is 0 Å². The van der Waals surface area contributed by atoms with Gasteiger partial charge in [0.05, 0.1) is 11.6 Å². The average Bonchev–Trinajstić information content (AvgIpc) is 3.00. The van der Waals surface area contributed by atoms with Crippen LogP contribution in [-0.4, -0.2) is 21.9 Å². The molecule has 0 aromatic heterocycles. The number of nitrogens with zero attached hydrogens (tertiary/aromatic N) is 1. The maximum absolute atomic E-state index is 12.9. The molecule has 0 aliphatic carbocycles. The van der Waals surface area contributed by atoms with Crippen LogP contribution in [0.1, 0.15) is 17.2 Å². The van der Waals surface area contributed by atoms with Gasteiger partial charge in [-0.1, -0.05) is 60.7 Å². The first-order valence-electron chi connectivity index (χ1n) is 8.78. The molecule has 4 rings (SSSR count). The van der Waals surface area contributed by atoms with Crippen molar-refractivity contribution in [2.75, 3.05) is 4.90 Å². The molecule has 5 nitrogen and oxygen atoms in total. The Kier molecular flexibility index (Phi) is 4.41. The van der Waals surface area contributed by atoms with E-state index in [-0.39, 0.29) is 17.1 Å². The average molecular weight is 371 g/mol. The second kappa shape index (κ2) is 7.04. The summed E-state index contributed by atoms with van der Waals surface area (Å²) in [5.74, 6) is -1.63. The number of aliphatic hydroxyl groups is 1. The summed E-state index contributed by atoms with van der Waals surface area (Å²) in [4.78, 5) is 27.1. The monoisotopic (exact) mass is 371 g/mol. The van der Waals surface area contributed by atoms with Gasteiger partial charge < -0.3 is 10.2 Å². The first-order valence-corrected chi connectivity index (χ1v) is 8.78. The van der Waals surface area contributed by atoms with Gasteiger partial charge in [0.15, 0.2) is 0 Å². The quantitative estimate of drug-likeness (QED) is 0.414. The third-order valence-electron chi connectivity index (χ3n) is 4.73. The Hall–Kier alpha value is -3.86. The molecule has 1 amide bonds. The number of Topliss-reactive ketones (excluding diaryl/α,β-unsaturated/α-hetero) is 1. The topological polar surface area (TPSA) is 77.8 Å². The number of hydrogen-bond donors (Lipinski definition) is 2. The number of anilines is 1. The number of ketones is 1. The molecule has 28 heavy (non-hydrogen) atoms. The van der Waals surface area contributed by atoms with Crippen molar-refractivity contribution in [2.45, 2.75) is 6.04 Å². The maximum Gasteiger partial charge on any atom is 0.300 e. The fraction of sp³-hybridized carbons (Fsp3) is 0.0435. The van der Waals surface area contributed by atoms with Gasteiger partial charge in [-0.2, -0.15) is 0 Å². The molecular weight excluding hydrogens is 354 g/mol. The van der Waals surface area contributed by atoms with Gasteiger partial charge in [-0.25, -0.2) is 0 Å². The summed E-state index contributed by atoms with van der Waals surface area (Å²) in [6.07, 6.45) is 0. The van der Waals surface area contributed by atoms with Crippen molar-refractivity contribution in [1.29, 1.82) is 0 Å². The Labute approximate surface area is 161 Å². The van der Waals surface area contributed by atoms with Crippen LogP contribution in [0.4, 0.5) is 5.69 Å². The van der Waals surface area contributed by atoms with E-state index in [4.69, 9.17) is 0 Å². The van der Waals surface area contributed by atoms with Crippen molar-refractivity contribution in [3.8, 4) is 5.75 Å². The number of carbonyl (C=O) groups is 2. The number of rotatable bonds is 3. The molecule has 0 spiro atoms. The van der Waals surface area contributed by atoms with E-state index in [0.29, 0.717) is 16.8 Å². The van der Waals surface area contributed by atoms with E-state index in [2.05, 4.69) is 0 Å². The zero-order valence-electron chi connectivity index (χ0n) is 14.8. The predicted molar refractivity (Wildman–Crippen MR) is 106 cm³/mol. The highest BCUT2D eigenvalue weighted by atomic mass is 16.3. The van der Waals surface area contributed by atoms with Crippen molar-refractivity contribution in [1.82, 2.24) is 0 Å². The molecule has 5 heteroatoms. The molecule has 3 aromatic rings. The van der Waals surface area contributed by atoms with Crippen LogP contribution in [0.15, 0.2) is 90.5 Å². The van der Waals surface area contributed by atoms with Gasteiger partial charge in [0.1, 0.15) is 11.5 Å². The summed E-state index contributed by atoms with van der Waals surface area (Å²) >= 11 is 0. The minimum Gasteiger partial charge on any atom is -0.508 e. The predicted octanol–water partition coefficient (Wildman–Crippen LogP) is 4.02. The molecule has 0 radical (unpaired) electrons. The zero-order chi connectivity index (χ0) is 19.7. The van der Waals surface area contributed by atoms with Gasteiger partial charge in [0.25, 0.3) is 11.7 Å². The number of hydrogen-bond acceptors (Lipinski definition) is 4. The molecule has 3 aromatic carbocycles. The van der Waals surface area contributed by atoms with Crippen molar-refractivity contribution in [3.05, 3.63) is 102 Å². The number of phenols is 1. The molecule has 138 valence electrons. The van der Waals surface area contributed by atoms with Crippen LogP contribution in [-0.2, 0) is 9.59 Å². The van der Waals surface area contributed by atoms with Crippen LogP contribution in [0.5, 0.6) is 5.75 Å². The van der Waals surface area contributed by atoms with Gasteiger partial charge in [-0.05, 0) is 29.8 Å². The number of phenolic OH excluding ortho intramolecular Hbond substituents is 1. The Morgan fingerprint density at radius 2 is 1.36 bits per heavy atom. The summed E-state index contributed by atoms with van der Waals surface area (Å²) in [6.45, 7) is 0. The van der Waals surface area contributed by atoms with Crippen LogP contribution in [0, 0.1) is 0 Å². The van der Waals surface area contributed by atoms with Crippen molar-refractivity contribution < 1.29 is 19.8 Å². The highest BCUT2D eigenvalue weighted by Crippen LogP contribution is 2.42. The lowest BCUT2D eigenvalue weighted by molar-refractivity contribution is -0.132. The molecule has 1 saturated heterocycles. The fourth-order valence-electron chi connectivity index (χ4n) is 3.41. The van der Waals surface area contributed by atoms with E-state index in [0.717, 1.165) is 0 Å². The Bertz CT molecular complexity index is 1060. The molecule has 1 heterocycles. The minimum absolute atomic E-state index is 0.0375. The number of aromatic hydroxyl groups is 1. The molecule has 0 bridgehead atoms. The highest BCUT2D eigenvalue weighted by molar-refractivity contribution is 6.51. The number of aliphatic hydroxyl groups excluding tert-OH is 1. The number of carbonyl (C=O) groups excluding carboxylic acids is 2. The molecule has 1 atom stereocenters. The van der Waals surface area contributed by atoms with Crippen molar-refractivity contribution >= 4 is 23.1 Å². The van der Waals surface area contributed by atoms with Crippen LogP contribution < -0.4 is 4.90 Å². The standard InChI is InChI=1S/C23H17NO4/c25-18-13-11-17(12-14-18)24-20(15-7-3-1-4-8-15)19(22(27)23(24)28)21(26)16-9-5-2-6-10-16/h1-14,20,25-26H/b21-19+/t20-/m0/s1. The van der Waals surface area contributed by atoms with E-state index in [1.165, 1.54) is 17.0 Å². The lowest BCUT2D eigenvalue weighted by atomic mass is 9.95. The molecular formula is C23H17NO4. The minimum atomic E-state index is -0.772. The lowest BCUT2D eigenvalue weighted by Gasteiger charge is -2.25. The third-order valence-corrected chi connectivity index (χ3v) is 4.73. The Balaban J connectivity index is 1.94. The van der Waals surface area contributed by atoms with E-state index in [9.17, 15) is 19.8 Å². The molecule has 2 N–H and O–H groups in total. The van der Waals surface area contributed by atoms with Gasteiger partial charge >= 0.3 is 0 Å². The lowest BCUT2D eigenvalue weighted by Crippen LogP contribution is -2.29. The smallest absolute Gasteiger partial charge is 0.300 e. The van der Waals surface area contributed by atoms with Gasteiger partial charge in [-0.3, -0.25) is 14.5 Å². The van der Waals surface area contributed by atoms with Crippen molar-refractivity contribution in [3.63, 3.8) is 0 Å². The first-order chi connectivity index (χ1) is 13.6. The van der Waals surface area contributed by atoms with E-state index >= 15 is 0 Å². The van der Waals surface area contributed by atoms with Gasteiger partial charge in [0, 0.05) is 11.3 Å². The summed E-state index contributed by atoms with van der Waals surface area (Å²) in [5.41, 5.74) is 1.66. The fourth-order valence-corrected chi connectivity index (χ4v) is 3.41. The molecule has 1 aliphatic heterocycles. The number of benzene rings is 3. The second-order valence-corrected chi connectivity index (χ2v) is 6.46. The largest absolute Gasteiger partial charge is 0.508 e. The van der Waals surface area contributed by atoms with E-state index in [1.807, 2.05) is 30.3 Å². The van der Waals surface area contributed by atoms with Crippen LogP contribution in [0.25, 0.3) is 5.76 Å². The first kappa shape index (κ1) is 17.5. The second-order valence-electron chi connectivity index (χ2n) is 6.46. The highest BCUT2D eigenvalue weighted by Gasteiger charge is 2.46. The van der Waals surface area contributed by atoms with Crippen LogP contribution in [0.2, 0.25) is 0 Å². The van der Waals surface area contributed by atoms with Gasteiger partial charge in [0.2, 0.25) is 0 Å². The normalized spacial score (nSPS) is 18.4. The number of amides is 1. The summed E-state index contributed by atoms with van der Waals surface area (Å²) in [6, 6.07) is 23.0. The zero-order valence-corrected chi connectivity index (χ0v) is 14.8. The van der Waals surface area contributed by atoms with Gasteiger partial charge in [-0.15, -0.1) is 0 Å². The van der Waals surface area contributed by atoms with E-state index < -0.39 is 17.7 Å². The molecule has 1 aliphatic rings. The summed E-state index contributed by atoms with van der Waals surface area (Å²) in [7, 11) is 0. The maximum atomic E-state index is 12.9. The molecule has 0 saturated carbocycles. The molecule has 0 unspecified atom stereocenters. The Morgan fingerprint density at radius 3 is 1.96 bits per heavy atom. The van der Waals surface area contributed by atoms with E-state index in [1.54, 1.807) is 42.5 Å². The van der Waals surface area contributed by atoms with Crippen molar-refractivity contribution in [2.24, 2.45) is 0 Å². The van der Waals surface area contributed by atoms with Crippen LogP contribution in [0.3, 0.4) is 0 Å². The summed E-state index contributed by atoms with van der Waals surface area (Å²) in [5, 5.41) is 20.5. The third kappa shape index (κ3) is 2.93. The molecule has 1 fully saturated rings. The Morgan fingerprint density at radius 1 is 0.786 bits per heavy atom.